The van der Waals surface area contributed by atoms with Gasteiger partial charge in [-0.1, -0.05) is 11.6 Å². The van der Waals surface area contributed by atoms with Crippen molar-refractivity contribution in [2.45, 2.75) is 25.9 Å². The molecule has 0 radical (unpaired) electrons. The second-order valence-electron chi connectivity index (χ2n) is 3.48. The summed E-state index contributed by atoms with van der Waals surface area (Å²) in [5.41, 5.74) is 6.32. The number of ether oxygens (including phenoxy) is 1. The van der Waals surface area contributed by atoms with E-state index in [0.717, 1.165) is 25.9 Å². The van der Waals surface area contributed by atoms with Gasteiger partial charge in [0.25, 0.3) is 0 Å². The molecule has 1 saturated heterocycles. The first kappa shape index (κ1) is 12.1. The Labute approximate surface area is 94.5 Å². The summed E-state index contributed by atoms with van der Waals surface area (Å²) < 4.78 is 5.57. The highest BCUT2D eigenvalue weighted by Gasteiger charge is 2.16. The van der Waals surface area contributed by atoms with Gasteiger partial charge in [0.05, 0.1) is 0 Å². The minimum absolute atomic E-state index is 0.156. The van der Waals surface area contributed by atoms with Crippen molar-refractivity contribution in [3.05, 3.63) is 11.5 Å². The smallest absolute Gasteiger partial charge is 0.190 e. The average molecular weight is 233 g/mol. The lowest BCUT2D eigenvalue weighted by atomic mass is 10.1. The molecule has 1 heterocycles. The van der Waals surface area contributed by atoms with Gasteiger partial charge in [0.2, 0.25) is 0 Å². The number of nitrogens with two attached hydrogens (primary N) is 2. The molecular weight excluding hydrogens is 216 g/mol. The molecule has 15 heavy (non-hydrogen) atoms. The van der Waals surface area contributed by atoms with Crippen LogP contribution in [0.15, 0.2) is 16.6 Å². The van der Waals surface area contributed by atoms with Crippen LogP contribution in [0.2, 0.25) is 0 Å². The minimum atomic E-state index is 0.156. The van der Waals surface area contributed by atoms with E-state index in [1.165, 1.54) is 0 Å². The molecule has 5 nitrogen and oxygen atoms in total. The lowest BCUT2D eigenvalue weighted by molar-refractivity contribution is 0.0853. The maximum absolute atomic E-state index is 5.74. The fourth-order valence-corrected chi connectivity index (χ4v) is 1.47. The Morgan fingerprint density at radius 1 is 1.47 bits per heavy atom. The average Bonchev–Trinajstić information content (AvgIpc) is 2.28. The van der Waals surface area contributed by atoms with Gasteiger partial charge in [0.1, 0.15) is 6.10 Å². The molecule has 1 fully saturated rings. The predicted octanol–water partition coefficient (Wildman–Crippen LogP) is 0.456. The fraction of sp³-hybridized carbons (Fsp3) is 0.667. The topological polar surface area (TPSA) is 85.7 Å². The Morgan fingerprint density at radius 2 is 2.07 bits per heavy atom. The molecule has 0 aromatic carbocycles. The van der Waals surface area contributed by atoms with Crippen molar-refractivity contribution in [2.24, 2.45) is 16.7 Å². The summed E-state index contributed by atoms with van der Waals surface area (Å²) in [5, 5.41) is 6.78. The molecule has 0 aromatic heterocycles. The Kier molecular flexibility index (Phi) is 4.71. The molecule has 0 unspecified atom stereocenters. The van der Waals surface area contributed by atoms with Gasteiger partial charge in [-0.25, -0.2) is 0 Å². The van der Waals surface area contributed by atoms with Crippen LogP contribution in [0.25, 0.3) is 0 Å². The molecule has 0 aliphatic carbocycles. The summed E-state index contributed by atoms with van der Waals surface area (Å²) in [4.78, 5) is 0. The number of hydrogen-bond donors (Lipinski definition) is 3. The summed E-state index contributed by atoms with van der Waals surface area (Å²) in [5.74, 6) is 5.35. The zero-order chi connectivity index (χ0) is 11.3. The quantitative estimate of drug-likeness (QED) is 0.286. The van der Waals surface area contributed by atoms with E-state index in [1.807, 2.05) is 0 Å². The summed E-state index contributed by atoms with van der Waals surface area (Å²) in [6, 6.07) is 0. The molecule has 0 saturated carbocycles. The van der Waals surface area contributed by atoms with Gasteiger partial charge in [-0.2, -0.15) is 5.10 Å². The second kappa shape index (κ2) is 5.82. The zero-order valence-electron chi connectivity index (χ0n) is 8.79. The van der Waals surface area contributed by atoms with Crippen molar-refractivity contribution in [1.82, 2.24) is 5.32 Å². The zero-order valence-corrected chi connectivity index (χ0v) is 9.55. The van der Waals surface area contributed by atoms with Crippen molar-refractivity contribution in [2.75, 3.05) is 13.1 Å². The lowest BCUT2D eigenvalue weighted by Gasteiger charge is -2.24. The largest absolute Gasteiger partial charge is 0.476 e. The Bertz CT molecular complexity index is 271. The van der Waals surface area contributed by atoms with Crippen LogP contribution in [-0.2, 0) is 4.74 Å². The highest BCUT2D eigenvalue weighted by molar-refractivity contribution is 6.69. The molecule has 6 heteroatoms. The summed E-state index contributed by atoms with van der Waals surface area (Å²) in [6.45, 7) is 3.64. The number of hydrazone groups is 1. The van der Waals surface area contributed by atoms with Crippen LogP contribution in [0, 0.1) is 0 Å². The van der Waals surface area contributed by atoms with E-state index < -0.39 is 0 Å². The number of rotatable bonds is 3. The summed E-state index contributed by atoms with van der Waals surface area (Å²) in [6.07, 6.45) is 2.06. The number of nitrogens with one attached hydrogen (secondary N) is 1. The minimum Gasteiger partial charge on any atom is -0.476 e. The highest BCUT2D eigenvalue weighted by atomic mass is 35.5. The van der Waals surface area contributed by atoms with E-state index >= 15 is 0 Å². The standard InChI is InChI=1S/C9H17ClN4O/c1-6(8(10)14-12)9(11)15-7-2-4-13-5-3-7/h7,13H,2-5,11-12H2,1H3. The van der Waals surface area contributed by atoms with Gasteiger partial charge in [0.15, 0.2) is 11.1 Å². The molecule has 1 aliphatic heterocycles. The lowest BCUT2D eigenvalue weighted by Crippen LogP contribution is -2.33. The molecule has 0 aromatic rings. The van der Waals surface area contributed by atoms with E-state index in [4.69, 9.17) is 27.9 Å². The van der Waals surface area contributed by atoms with Gasteiger partial charge in [-0.05, 0) is 32.9 Å². The Balaban J connectivity index is 2.56. The van der Waals surface area contributed by atoms with Crippen LogP contribution in [0.4, 0.5) is 0 Å². The highest BCUT2D eigenvalue weighted by Crippen LogP contribution is 2.13. The van der Waals surface area contributed by atoms with Crippen LogP contribution in [0.5, 0.6) is 0 Å². The first-order valence-electron chi connectivity index (χ1n) is 4.92. The molecule has 0 atom stereocenters. The third-order valence-electron chi connectivity index (χ3n) is 2.37. The third-order valence-corrected chi connectivity index (χ3v) is 2.75. The number of piperidine rings is 1. The van der Waals surface area contributed by atoms with E-state index in [0.29, 0.717) is 11.5 Å². The first-order valence-corrected chi connectivity index (χ1v) is 5.30. The maximum atomic E-state index is 5.74. The Hall–Kier alpha value is -0.940. The molecular formula is C9H17ClN4O. The normalized spacial score (nSPS) is 21.1. The van der Waals surface area contributed by atoms with E-state index in [2.05, 4.69) is 10.4 Å². The van der Waals surface area contributed by atoms with Gasteiger partial charge in [0, 0.05) is 5.57 Å². The van der Waals surface area contributed by atoms with E-state index in [9.17, 15) is 0 Å². The number of nitrogens with zero attached hydrogens (tertiary/aromatic N) is 1. The van der Waals surface area contributed by atoms with Gasteiger partial charge >= 0.3 is 0 Å². The number of hydrogen-bond acceptors (Lipinski definition) is 5. The molecule has 1 rings (SSSR count). The monoisotopic (exact) mass is 232 g/mol. The van der Waals surface area contributed by atoms with Crippen molar-refractivity contribution >= 4 is 16.8 Å². The van der Waals surface area contributed by atoms with E-state index in [-0.39, 0.29) is 11.3 Å². The van der Waals surface area contributed by atoms with Crippen LogP contribution < -0.4 is 16.9 Å². The molecule has 5 N–H and O–H groups in total. The summed E-state index contributed by atoms with van der Waals surface area (Å²) >= 11 is 5.72. The molecule has 0 spiro atoms. The molecule has 0 bridgehead atoms. The predicted molar refractivity (Wildman–Crippen MR) is 61.3 cm³/mol. The van der Waals surface area contributed by atoms with Crippen LogP contribution >= 0.6 is 11.6 Å². The van der Waals surface area contributed by atoms with Gasteiger partial charge in [-0.3, -0.25) is 0 Å². The fourth-order valence-electron chi connectivity index (χ4n) is 1.38. The number of allylic oxidation sites excluding steroid dienone is 1. The van der Waals surface area contributed by atoms with Gasteiger partial charge in [-0.15, -0.1) is 0 Å². The van der Waals surface area contributed by atoms with Crippen LogP contribution in [-0.4, -0.2) is 24.4 Å². The third kappa shape index (κ3) is 3.60. The Morgan fingerprint density at radius 3 is 2.60 bits per heavy atom. The maximum Gasteiger partial charge on any atom is 0.190 e. The molecule has 0 amide bonds. The van der Waals surface area contributed by atoms with Gasteiger partial charge < -0.3 is 21.6 Å². The first-order chi connectivity index (χ1) is 7.15. The SMILES string of the molecule is CC(C(Cl)=NN)=C(N)OC1CCNCC1. The van der Waals surface area contributed by atoms with Crippen molar-refractivity contribution in [1.29, 1.82) is 0 Å². The van der Waals surface area contributed by atoms with Crippen LogP contribution in [0.3, 0.4) is 0 Å². The van der Waals surface area contributed by atoms with Crippen molar-refractivity contribution in [3.63, 3.8) is 0 Å². The van der Waals surface area contributed by atoms with Crippen molar-refractivity contribution in [3.8, 4) is 0 Å². The van der Waals surface area contributed by atoms with Crippen LogP contribution in [0.1, 0.15) is 19.8 Å². The number of halogens is 1. The molecule has 86 valence electrons. The van der Waals surface area contributed by atoms with E-state index in [1.54, 1.807) is 6.92 Å². The van der Waals surface area contributed by atoms with Crippen molar-refractivity contribution < 1.29 is 4.74 Å². The summed E-state index contributed by atoms with van der Waals surface area (Å²) in [7, 11) is 0. The second-order valence-corrected chi connectivity index (χ2v) is 3.83. The molecule has 1 aliphatic rings.